The van der Waals surface area contributed by atoms with Gasteiger partial charge in [-0.3, -0.25) is 4.98 Å². The second-order valence-corrected chi connectivity index (χ2v) is 3.71. The van der Waals surface area contributed by atoms with Crippen molar-refractivity contribution in [3.05, 3.63) is 41.2 Å². The zero-order valence-electron chi connectivity index (χ0n) is 7.12. The fraction of sp³-hybridized carbons (Fsp3) is 0.100. The summed E-state index contributed by atoms with van der Waals surface area (Å²) >= 11 is 1.58. The zero-order valence-corrected chi connectivity index (χ0v) is 7.94. The van der Waals surface area contributed by atoms with Crippen molar-refractivity contribution in [2.45, 2.75) is 6.92 Å². The maximum absolute atomic E-state index is 12.9. The van der Waals surface area contributed by atoms with Crippen LogP contribution in [0.5, 0.6) is 0 Å². The highest BCUT2D eigenvalue weighted by Crippen LogP contribution is 2.27. The molecule has 0 N–H and O–H groups in total. The first-order valence-corrected chi connectivity index (χ1v) is 4.81. The molecule has 2 aromatic rings. The molecule has 66 valence electrons. The Labute approximate surface area is 79.9 Å². The van der Waals surface area contributed by atoms with Crippen molar-refractivity contribution in [1.29, 1.82) is 0 Å². The number of nitrogens with zero attached hydrogens (tertiary/aromatic N) is 1. The monoisotopic (exact) mass is 193 g/mol. The second-order valence-electron chi connectivity index (χ2n) is 2.79. The molecule has 3 heteroatoms. The highest BCUT2D eigenvalue weighted by Gasteiger charge is 2.04. The largest absolute Gasteiger partial charge is 0.255 e. The lowest BCUT2D eigenvalue weighted by molar-refractivity contribution is 0.626. The van der Waals surface area contributed by atoms with E-state index in [0.29, 0.717) is 5.69 Å². The molecule has 2 heterocycles. The molecule has 2 aromatic heterocycles. The summed E-state index contributed by atoms with van der Waals surface area (Å²) in [5, 5.41) is 1.98. The number of halogens is 1. The molecule has 1 nitrogen and oxygen atoms in total. The highest BCUT2D eigenvalue weighted by atomic mass is 32.1. The van der Waals surface area contributed by atoms with Crippen LogP contribution in [0.15, 0.2) is 29.8 Å². The van der Waals surface area contributed by atoms with Gasteiger partial charge in [-0.15, -0.1) is 11.3 Å². The van der Waals surface area contributed by atoms with E-state index in [1.165, 1.54) is 18.3 Å². The molecular weight excluding hydrogens is 185 g/mol. The molecule has 0 aliphatic rings. The van der Waals surface area contributed by atoms with E-state index in [-0.39, 0.29) is 5.82 Å². The Balaban J connectivity index is 2.53. The molecule has 0 aliphatic heterocycles. The van der Waals surface area contributed by atoms with Crippen LogP contribution in [-0.4, -0.2) is 4.98 Å². The van der Waals surface area contributed by atoms with Gasteiger partial charge in [0.25, 0.3) is 0 Å². The number of thiophene rings is 1. The van der Waals surface area contributed by atoms with Crippen LogP contribution in [0.2, 0.25) is 0 Å². The van der Waals surface area contributed by atoms with E-state index in [1.807, 2.05) is 18.4 Å². The SMILES string of the molecule is Cc1ccsc1-c1cc(F)ccn1. The summed E-state index contributed by atoms with van der Waals surface area (Å²) < 4.78 is 12.9. The molecule has 13 heavy (non-hydrogen) atoms. The topological polar surface area (TPSA) is 12.9 Å². The molecule has 0 amide bonds. The number of hydrogen-bond donors (Lipinski definition) is 0. The second kappa shape index (κ2) is 3.26. The van der Waals surface area contributed by atoms with Gasteiger partial charge in [0.1, 0.15) is 5.82 Å². The Hall–Kier alpha value is -1.22. The fourth-order valence-corrected chi connectivity index (χ4v) is 2.06. The van der Waals surface area contributed by atoms with Crippen molar-refractivity contribution < 1.29 is 4.39 Å². The van der Waals surface area contributed by atoms with E-state index in [1.54, 1.807) is 11.3 Å². The van der Waals surface area contributed by atoms with Gasteiger partial charge in [-0.2, -0.15) is 0 Å². The minimum atomic E-state index is -0.238. The van der Waals surface area contributed by atoms with Crippen LogP contribution < -0.4 is 0 Å². The first-order chi connectivity index (χ1) is 6.27. The van der Waals surface area contributed by atoms with E-state index in [0.717, 1.165) is 10.4 Å². The Morgan fingerprint density at radius 3 is 2.85 bits per heavy atom. The predicted molar refractivity (Wildman–Crippen MR) is 52.2 cm³/mol. The van der Waals surface area contributed by atoms with Gasteiger partial charge in [0.15, 0.2) is 0 Å². The average molecular weight is 193 g/mol. The van der Waals surface area contributed by atoms with Crippen LogP contribution in [0, 0.1) is 12.7 Å². The minimum absolute atomic E-state index is 0.238. The number of hydrogen-bond acceptors (Lipinski definition) is 2. The molecule has 0 unspecified atom stereocenters. The molecule has 0 saturated heterocycles. The normalized spacial score (nSPS) is 10.3. The average Bonchev–Trinajstić information content (AvgIpc) is 2.51. The Bertz CT molecular complexity index is 422. The van der Waals surface area contributed by atoms with Crippen LogP contribution in [-0.2, 0) is 0 Å². The lowest BCUT2D eigenvalue weighted by Crippen LogP contribution is -1.83. The predicted octanol–water partition coefficient (Wildman–Crippen LogP) is 3.26. The third-order valence-corrected chi connectivity index (χ3v) is 2.86. The van der Waals surface area contributed by atoms with Crippen LogP contribution in [0.1, 0.15) is 5.56 Å². The zero-order chi connectivity index (χ0) is 9.26. The Kier molecular flexibility index (Phi) is 2.10. The Morgan fingerprint density at radius 1 is 1.38 bits per heavy atom. The quantitative estimate of drug-likeness (QED) is 0.677. The van der Waals surface area contributed by atoms with Gasteiger partial charge < -0.3 is 0 Å². The molecular formula is C10H8FNS. The van der Waals surface area contributed by atoms with Crippen molar-refractivity contribution in [2.24, 2.45) is 0 Å². The molecule has 0 aliphatic carbocycles. The first-order valence-electron chi connectivity index (χ1n) is 3.93. The van der Waals surface area contributed by atoms with E-state index < -0.39 is 0 Å². The summed E-state index contributed by atoms with van der Waals surface area (Å²) in [7, 11) is 0. The van der Waals surface area contributed by atoms with Gasteiger partial charge in [-0.1, -0.05) is 0 Å². The van der Waals surface area contributed by atoms with E-state index in [9.17, 15) is 4.39 Å². The van der Waals surface area contributed by atoms with Crippen molar-refractivity contribution in [3.63, 3.8) is 0 Å². The molecule has 0 radical (unpaired) electrons. The van der Waals surface area contributed by atoms with Gasteiger partial charge in [-0.25, -0.2) is 4.39 Å². The van der Waals surface area contributed by atoms with Crippen LogP contribution in [0.25, 0.3) is 10.6 Å². The van der Waals surface area contributed by atoms with Crippen molar-refractivity contribution >= 4 is 11.3 Å². The summed E-state index contributed by atoms with van der Waals surface area (Å²) in [5.74, 6) is -0.238. The maximum Gasteiger partial charge on any atom is 0.126 e. The van der Waals surface area contributed by atoms with E-state index >= 15 is 0 Å². The van der Waals surface area contributed by atoms with E-state index in [4.69, 9.17) is 0 Å². The molecule has 0 atom stereocenters. The molecule has 0 bridgehead atoms. The van der Waals surface area contributed by atoms with Crippen LogP contribution >= 0.6 is 11.3 Å². The highest BCUT2D eigenvalue weighted by molar-refractivity contribution is 7.13. The molecule has 0 fully saturated rings. The standard InChI is InChI=1S/C10H8FNS/c1-7-3-5-13-10(7)9-6-8(11)2-4-12-9/h2-6H,1H3. The van der Waals surface area contributed by atoms with Gasteiger partial charge in [0.05, 0.1) is 10.6 Å². The molecule has 0 spiro atoms. The summed E-state index contributed by atoms with van der Waals surface area (Å²) in [5.41, 5.74) is 1.86. The number of aromatic nitrogens is 1. The molecule has 0 saturated carbocycles. The third-order valence-electron chi connectivity index (χ3n) is 1.82. The molecule has 2 rings (SSSR count). The van der Waals surface area contributed by atoms with Gasteiger partial charge in [0.2, 0.25) is 0 Å². The Morgan fingerprint density at radius 2 is 2.23 bits per heavy atom. The van der Waals surface area contributed by atoms with Gasteiger partial charge in [0, 0.05) is 12.3 Å². The summed E-state index contributed by atoms with van der Waals surface area (Å²) in [6.45, 7) is 2.00. The van der Waals surface area contributed by atoms with Crippen LogP contribution in [0.3, 0.4) is 0 Å². The first kappa shape index (κ1) is 8.38. The number of aryl methyl sites for hydroxylation is 1. The lowest BCUT2D eigenvalue weighted by Gasteiger charge is -1.97. The van der Waals surface area contributed by atoms with Crippen molar-refractivity contribution in [2.75, 3.05) is 0 Å². The smallest absolute Gasteiger partial charge is 0.126 e. The van der Waals surface area contributed by atoms with Gasteiger partial charge >= 0.3 is 0 Å². The van der Waals surface area contributed by atoms with Crippen molar-refractivity contribution in [3.8, 4) is 10.6 Å². The third kappa shape index (κ3) is 1.60. The maximum atomic E-state index is 12.9. The summed E-state index contributed by atoms with van der Waals surface area (Å²) in [4.78, 5) is 5.15. The van der Waals surface area contributed by atoms with Crippen LogP contribution in [0.4, 0.5) is 4.39 Å². The minimum Gasteiger partial charge on any atom is -0.255 e. The summed E-state index contributed by atoms with van der Waals surface area (Å²) in [6.07, 6.45) is 1.49. The van der Waals surface area contributed by atoms with Gasteiger partial charge in [-0.05, 0) is 30.0 Å². The van der Waals surface area contributed by atoms with Crippen molar-refractivity contribution in [1.82, 2.24) is 4.98 Å². The molecule has 0 aromatic carbocycles. The van der Waals surface area contributed by atoms with E-state index in [2.05, 4.69) is 4.98 Å². The number of pyridine rings is 1. The summed E-state index contributed by atoms with van der Waals surface area (Å²) in [6, 6.07) is 4.82. The fourth-order valence-electron chi connectivity index (χ4n) is 1.16. The number of rotatable bonds is 1. The lowest BCUT2D eigenvalue weighted by atomic mass is 10.2.